The largest absolute Gasteiger partial charge is 0.489 e. The van der Waals surface area contributed by atoms with Crippen molar-refractivity contribution in [1.29, 1.82) is 0 Å². The molecule has 0 saturated carbocycles. The van der Waals surface area contributed by atoms with Crippen molar-refractivity contribution in [3.05, 3.63) is 46.7 Å². The second-order valence-electron chi connectivity index (χ2n) is 4.91. The Morgan fingerprint density at radius 1 is 1.29 bits per heavy atom. The van der Waals surface area contributed by atoms with Crippen molar-refractivity contribution < 1.29 is 9.84 Å². The SMILES string of the molecule is CCN(Cc1cccs1)CC(O)COc1ccccc1N. The van der Waals surface area contributed by atoms with Crippen LogP contribution in [-0.4, -0.2) is 35.8 Å². The Bertz CT molecular complexity index is 531. The highest BCUT2D eigenvalue weighted by atomic mass is 32.1. The number of nitrogen functional groups attached to an aromatic ring is 1. The van der Waals surface area contributed by atoms with Crippen LogP contribution >= 0.6 is 11.3 Å². The van der Waals surface area contributed by atoms with E-state index in [1.54, 1.807) is 17.4 Å². The highest BCUT2D eigenvalue weighted by molar-refractivity contribution is 7.09. The fourth-order valence-electron chi connectivity index (χ4n) is 2.08. The number of hydrogen-bond donors (Lipinski definition) is 2. The topological polar surface area (TPSA) is 58.7 Å². The Hall–Kier alpha value is -1.56. The van der Waals surface area contributed by atoms with Crippen LogP contribution in [-0.2, 0) is 6.54 Å². The van der Waals surface area contributed by atoms with E-state index in [4.69, 9.17) is 10.5 Å². The number of para-hydroxylation sites is 2. The monoisotopic (exact) mass is 306 g/mol. The molecule has 3 N–H and O–H groups in total. The molecule has 1 heterocycles. The predicted molar refractivity (Wildman–Crippen MR) is 87.6 cm³/mol. The Morgan fingerprint density at radius 2 is 2.10 bits per heavy atom. The van der Waals surface area contributed by atoms with E-state index in [1.165, 1.54) is 4.88 Å². The van der Waals surface area contributed by atoms with Gasteiger partial charge in [-0.3, -0.25) is 4.90 Å². The van der Waals surface area contributed by atoms with Crippen molar-refractivity contribution in [3.8, 4) is 5.75 Å². The molecule has 21 heavy (non-hydrogen) atoms. The van der Waals surface area contributed by atoms with Crippen LogP contribution in [0.3, 0.4) is 0 Å². The van der Waals surface area contributed by atoms with Gasteiger partial charge in [0.2, 0.25) is 0 Å². The lowest BCUT2D eigenvalue weighted by atomic mass is 10.3. The van der Waals surface area contributed by atoms with Gasteiger partial charge in [-0.25, -0.2) is 0 Å². The Labute approximate surface area is 129 Å². The number of anilines is 1. The van der Waals surface area contributed by atoms with Crippen LogP contribution in [0.15, 0.2) is 41.8 Å². The van der Waals surface area contributed by atoms with Gasteiger partial charge in [0.25, 0.3) is 0 Å². The van der Waals surface area contributed by atoms with Crippen LogP contribution in [0, 0.1) is 0 Å². The van der Waals surface area contributed by atoms with E-state index in [9.17, 15) is 5.11 Å². The van der Waals surface area contributed by atoms with E-state index in [-0.39, 0.29) is 6.61 Å². The summed E-state index contributed by atoms with van der Waals surface area (Å²) in [5.74, 6) is 0.623. The molecule has 0 spiro atoms. The van der Waals surface area contributed by atoms with Gasteiger partial charge in [-0.15, -0.1) is 11.3 Å². The maximum atomic E-state index is 10.1. The van der Waals surface area contributed by atoms with Crippen molar-refractivity contribution in [2.45, 2.75) is 19.6 Å². The summed E-state index contributed by atoms with van der Waals surface area (Å²) in [7, 11) is 0. The van der Waals surface area contributed by atoms with E-state index in [0.717, 1.165) is 13.1 Å². The van der Waals surface area contributed by atoms with E-state index in [0.29, 0.717) is 18.0 Å². The van der Waals surface area contributed by atoms with Crippen LogP contribution < -0.4 is 10.5 Å². The smallest absolute Gasteiger partial charge is 0.142 e. The summed E-state index contributed by atoms with van der Waals surface area (Å²) in [6.07, 6.45) is -0.537. The first-order chi connectivity index (χ1) is 10.2. The van der Waals surface area contributed by atoms with E-state index in [2.05, 4.69) is 23.3 Å². The van der Waals surface area contributed by atoms with Gasteiger partial charge in [-0.1, -0.05) is 25.1 Å². The number of thiophene rings is 1. The Balaban J connectivity index is 1.80. The van der Waals surface area contributed by atoms with E-state index < -0.39 is 6.10 Å². The van der Waals surface area contributed by atoms with Crippen LogP contribution in [0.5, 0.6) is 5.75 Å². The quantitative estimate of drug-likeness (QED) is 0.736. The summed E-state index contributed by atoms with van der Waals surface area (Å²) in [5.41, 5.74) is 6.40. The standard InChI is InChI=1S/C16H22N2O2S/c1-2-18(11-14-6-5-9-21-14)10-13(19)12-20-16-8-4-3-7-15(16)17/h3-9,13,19H,2,10-12,17H2,1H3. The number of aliphatic hydroxyl groups is 1. The number of rotatable bonds is 8. The molecule has 114 valence electrons. The van der Waals surface area contributed by atoms with Crippen molar-refractivity contribution in [3.63, 3.8) is 0 Å². The minimum atomic E-state index is -0.537. The van der Waals surface area contributed by atoms with Crippen molar-refractivity contribution >= 4 is 17.0 Å². The highest BCUT2D eigenvalue weighted by Crippen LogP contribution is 2.20. The summed E-state index contributed by atoms with van der Waals surface area (Å²) in [5, 5.41) is 12.2. The summed E-state index contributed by atoms with van der Waals surface area (Å²) >= 11 is 1.73. The lowest BCUT2D eigenvalue weighted by Crippen LogP contribution is -2.35. The van der Waals surface area contributed by atoms with Gasteiger partial charge >= 0.3 is 0 Å². The molecule has 1 unspecified atom stereocenters. The molecule has 0 saturated heterocycles. The van der Waals surface area contributed by atoms with E-state index >= 15 is 0 Å². The zero-order valence-electron chi connectivity index (χ0n) is 12.2. The number of ether oxygens (including phenoxy) is 1. The molecule has 0 aliphatic rings. The third-order valence-corrected chi connectivity index (χ3v) is 4.09. The fraction of sp³-hybridized carbons (Fsp3) is 0.375. The van der Waals surface area contributed by atoms with Crippen LogP contribution in [0.1, 0.15) is 11.8 Å². The molecule has 0 radical (unpaired) electrons. The number of benzene rings is 1. The molecule has 1 aromatic heterocycles. The summed E-state index contributed by atoms with van der Waals surface area (Å²) in [4.78, 5) is 3.51. The van der Waals surface area contributed by atoms with Gasteiger partial charge in [-0.2, -0.15) is 0 Å². The molecule has 2 aromatic rings. The first-order valence-electron chi connectivity index (χ1n) is 7.09. The van der Waals surface area contributed by atoms with Gasteiger partial charge in [0.15, 0.2) is 0 Å². The average molecular weight is 306 g/mol. The fourth-order valence-corrected chi connectivity index (χ4v) is 2.82. The van der Waals surface area contributed by atoms with Gasteiger partial charge in [-0.05, 0) is 30.1 Å². The highest BCUT2D eigenvalue weighted by Gasteiger charge is 2.12. The number of likely N-dealkylation sites (N-methyl/N-ethyl adjacent to an activating group) is 1. The van der Waals surface area contributed by atoms with Gasteiger partial charge in [0, 0.05) is 18.0 Å². The zero-order valence-corrected chi connectivity index (χ0v) is 13.1. The number of hydrogen-bond acceptors (Lipinski definition) is 5. The summed E-state index contributed by atoms with van der Waals surface area (Å²) in [6, 6.07) is 11.5. The van der Waals surface area contributed by atoms with Crippen LogP contribution in [0.4, 0.5) is 5.69 Å². The third-order valence-electron chi connectivity index (χ3n) is 3.23. The maximum Gasteiger partial charge on any atom is 0.142 e. The molecular weight excluding hydrogens is 284 g/mol. The second-order valence-corrected chi connectivity index (χ2v) is 5.94. The minimum absolute atomic E-state index is 0.245. The van der Waals surface area contributed by atoms with Gasteiger partial charge in [0.05, 0.1) is 5.69 Å². The average Bonchev–Trinajstić information content (AvgIpc) is 2.98. The Morgan fingerprint density at radius 3 is 2.76 bits per heavy atom. The van der Waals surface area contributed by atoms with Crippen LogP contribution in [0.25, 0.3) is 0 Å². The van der Waals surface area contributed by atoms with Crippen molar-refractivity contribution in [2.24, 2.45) is 0 Å². The molecule has 4 nitrogen and oxygen atoms in total. The van der Waals surface area contributed by atoms with Gasteiger partial charge < -0.3 is 15.6 Å². The molecule has 5 heteroatoms. The molecular formula is C16H22N2O2S. The zero-order chi connectivity index (χ0) is 15.1. The number of aliphatic hydroxyl groups excluding tert-OH is 1. The number of nitrogens with two attached hydrogens (primary N) is 1. The first-order valence-corrected chi connectivity index (χ1v) is 7.97. The molecule has 2 rings (SSSR count). The molecule has 0 fully saturated rings. The molecule has 0 aliphatic heterocycles. The van der Waals surface area contributed by atoms with Crippen molar-refractivity contribution in [2.75, 3.05) is 25.4 Å². The predicted octanol–water partition coefficient (Wildman–Crippen LogP) is 2.59. The lowest BCUT2D eigenvalue weighted by molar-refractivity contribution is 0.0681. The molecule has 0 bridgehead atoms. The molecule has 1 aromatic carbocycles. The minimum Gasteiger partial charge on any atom is -0.489 e. The Kier molecular flexibility index (Phi) is 6.04. The summed E-state index contributed by atoms with van der Waals surface area (Å²) in [6.45, 7) is 4.67. The second kappa shape index (κ2) is 8.02. The summed E-state index contributed by atoms with van der Waals surface area (Å²) < 4.78 is 5.58. The van der Waals surface area contributed by atoms with Crippen molar-refractivity contribution in [1.82, 2.24) is 4.90 Å². The molecule has 0 amide bonds. The van der Waals surface area contributed by atoms with Gasteiger partial charge in [0.1, 0.15) is 18.5 Å². The molecule has 1 atom stereocenters. The normalized spacial score (nSPS) is 12.5. The first kappa shape index (κ1) is 15.8. The van der Waals surface area contributed by atoms with Crippen LogP contribution in [0.2, 0.25) is 0 Å². The lowest BCUT2D eigenvalue weighted by Gasteiger charge is -2.23. The van der Waals surface area contributed by atoms with E-state index in [1.807, 2.05) is 24.3 Å². The third kappa shape index (κ3) is 5.04. The maximum absolute atomic E-state index is 10.1. The number of nitrogens with zero attached hydrogens (tertiary/aromatic N) is 1. The molecule has 0 aliphatic carbocycles.